The van der Waals surface area contributed by atoms with Gasteiger partial charge in [-0.2, -0.15) is 0 Å². The molecule has 0 saturated carbocycles. The summed E-state index contributed by atoms with van der Waals surface area (Å²) in [5, 5.41) is 12.7. The first-order chi connectivity index (χ1) is 13.6. The van der Waals surface area contributed by atoms with Crippen LogP contribution in [0.15, 0.2) is 83.3 Å². The molecule has 3 aromatic carbocycles. The summed E-state index contributed by atoms with van der Waals surface area (Å²) in [6, 6.07) is 22.3. The fraction of sp³-hybridized carbons (Fsp3) is 0.0435. The number of Topliss-reactive ketones (excluding diaryl/α,β-unsaturated/α-hetero) is 1. The molecule has 2 aliphatic rings. The van der Waals surface area contributed by atoms with Crippen molar-refractivity contribution in [3.63, 3.8) is 0 Å². The van der Waals surface area contributed by atoms with Gasteiger partial charge in [0.25, 0.3) is 0 Å². The van der Waals surface area contributed by atoms with Crippen molar-refractivity contribution in [3.8, 4) is 0 Å². The number of fused-ring (bicyclic) bond motifs is 3. The standard InChI is InChI=1S/C23H15NO3S/c25-21-14-8-2-1-7-13(14)20-19(21)22(15-9-3-4-10-16(15)23(26)27)28-18-12-6-5-11-17(18)24-20/h1-12,22,24H,(H,26,27). The summed E-state index contributed by atoms with van der Waals surface area (Å²) < 4.78 is 0. The zero-order valence-electron chi connectivity index (χ0n) is 14.7. The number of thioether (sulfide) groups is 1. The minimum Gasteiger partial charge on any atom is -0.478 e. The van der Waals surface area contributed by atoms with E-state index >= 15 is 0 Å². The van der Waals surface area contributed by atoms with Gasteiger partial charge in [-0.05, 0) is 23.8 Å². The Morgan fingerprint density at radius 2 is 1.57 bits per heavy atom. The molecule has 5 rings (SSSR count). The number of nitrogens with one attached hydrogen (secondary N) is 1. The van der Waals surface area contributed by atoms with Gasteiger partial charge in [0.05, 0.1) is 22.2 Å². The van der Waals surface area contributed by atoms with Crippen LogP contribution in [-0.2, 0) is 0 Å². The van der Waals surface area contributed by atoms with E-state index in [9.17, 15) is 14.7 Å². The van der Waals surface area contributed by atoms with Gasteiger partial charge in [-0.1, -0.05) is 54.6 Å². The second-order valence-electron chi connectivity index (χ2n) is 6.67. The second-order valence-corrected chi connectivity index (χ2v) is 7.82. The van der Waals surface area contributed by atoms with E-state index in [0.29, 0.717) is 16.7 Å². The Balaban J connectivity index is 1.78. The number of para-hydroxylation sites is 1. The number of anilines is 1. The molecule has 1 heterocycles. The van der Waals surface area contributed by atoms with Gasteiger partial charge < -0.3 is 10.4 Å². The summed E-state index contributed by atoms with van der Waals surface area (Å²) in [7, 11) is 0. The lowest BCUT2D eigenvalue weighted by Gasteiger charge is -2.19. The third kappa shape index (κ3) is 2.47. The second kappa shape index (κ2) is 6.39. The molecule has 0 aromatic heterocycles. The van der Waals surface area contributed by atoms with Crippen molar-refractivity contribution in [2.75, 3.05) is 5.32 Å². The number of ketones is 1. The molecule has 136 valence electrons. The van der Waals surface area contributed by atoms with Crippen LogP contribution in [0.2, 0.25) is 0 Å². The molecule has 2 N–H and O–H groups in total. The molecular weight excluding hydrogens is 370 g/mol. The van der Waals surface area contributed by atoms with Crippen LogP contribution >= 0.6 is 11.8 Å². The lowest BCUT2D eigenvalue weighted by atomic mass is 9.96. The highest BCUT2D eigenvalue weighted by atomic mass is 32.2. The largest absolute Gasteiger partial charge is 0.478 e. The predicted molar refractivity (Wildman–Crippen MR) is 110 cm³/mol. The summed E-state index contributed by atoms with van der Waals surface area (Å²) in [6.45, 7) is 0. The number of carboxylic acid groups (broad SMARTS) is 1. The van der Waals surface area contributed by atoms with Gasteiger partial charge in [-0.25, -0.2) is 4.79 Å². The number of hydrogen-bond donors (Lipinski definition) is 2. The number of carbonyl (C=O) groups excluding carboxylic acids is 1. The Labute approximate surface area is 165 Å². The molecule has 0 amide bonds. The van der Waals surface area contributed by atoms with Crippen LogP contribution in [0.1, 0.15) is 37.1 Å². The van der Waals surface area contributed by atoms with E-state index in [0.717, 1.165) is 21.8 Å². The minimum atomic E-state index is -0.994. The molecule has 0 fully saturated rings. The highest BCUT2D eigenvalue weighted by Crippen LogP contribution is 2.52. The molecule has 0 bridgehead atoms. The van der Waals surface area contributed by atoms with E-state index in [2.05, 4.69) is 5.32 Å². The van der Waals surface area contributed by atoms with Gasteiger partial charge in [0.1, 0.15) is 0 Å². The number of carboxylic acids is 1. The van der Waals surface area contributed by atoms with Crippen LogP contribution in [0.25, 0.3) is 5.70 Å². The summed E-state index contributed by atoms with van der Waals surface area (Å²) in [5.41, 5.74) is 4.65. The van der Waals surface area contributed by atoms with Crippen molar-refractivity contribution in [1.82, 2.24) is 0 Å². The monoisotopic (exact) mass is 385 g/mol. The highest BCUT2D eigenvalue weighted by molar-refractivity contribution is 8.00. The number of benzene rings is 3. The normalized spacial score (nSPS) is 17.3. The number of rotatable bonds is 2. The number of carbonyl (C=O) groups is 2. The Morgan fingerprint density at radius 3 is 2.39 bits per heavy atom. The Morgan fingerprint density at radius 1 is 0.893 bits per heavy atom. The molecule has 1 unspecified atom stereocenters. The molecule has 0 radical (unpaired) electrons. The molecule has 5 heteroatoms. The van der Waals surface area contributed by atoms with Crippen LogP contribution in [0.5, 0.6) is 0 Å². The van der Waals surface area contributed by atoms with E-state index in [4.69, 9.17) is 0 Å². The van der Waals surface area contributed by atoms with E-state index in [1.54, 1.807) is 18.2 Å². The fourth-order valence-electron chi connectivity index (χ4n) is 3.82. The van der Waals surface area contributed by atoms with Gasteiger partial charge >= 0.3 is 5.97 Å². The third-order valence-corrected chi connectivity index (χ3v) is 6.42. The molecule has 3 aromatic rings. The van der Waals surface area contributed by atoms with Crippen LogP contribution in [0.4, 0.5) is 5.69 Å². The first-order valence-electron chi connectivity index (χ1n) is 8.88. The van der Waals surface area contributed by atoms with E-state index < -0.39 is 11.2 Å². The molecular formula is C23H15NO3S. The molecule has 28 heavy (non-hydrogen) atoms. The average Bonchev–Trinajstić information content (AvgIpc) is 2.89. The van der Waals surface area contributed by atoms with Crippen LogP contribution < -0.4 is 5.32 Å². The van der Waals surface area contributed by atoms with Gasteiger partial charge in [0.2, 0.25) is 0 Å². The minimum absolute atomic E-state index is 0.0522. The van der Waals surface area contributed by atoms with E-state index in [1.165, 1.54) is 11.8 Å². The maximum atomic E-state index is 13.3. The topological polar surface area (TPSA) is 66.4 Å². The van der Waals surface area contributed by atoms with Crippen LogP contribution in [-0.4, -0.2) is 16.9 Å². The lowest BCUT2D eigenvalue weighted by molar-refractivity contribution is 0.0695. The first kappa shape index (κ1) is 16.8. The number of aromatic carboxylic acids is 1. The van der Waals surface area contributed by atoms with Crippen LogP contribution in [0, 0.1) is 0 Å². The Hall–Kier alpha value is -3.31. The van der Waals surface area contributed by atoms with Crippen molar-refractivity contribution in [1.29, 1.82) is 0 Å². The molecule has 1 aliphatic carbocycles. The van der Waals surface area contributed by atoms with Crippen molar-refractivity contribution >= 4 is 34.9 Å². The summed E-state index contributed by atoms with van der Waals surface area (Å²) in [5.74, 6) is -1.05. The molecule has 4 nitrogen and oxygen atoms in total. The quantitative estimate of drug-likeness (QED) is 0.631. The SMILES string of the molecule is O=C1C2=C(Nc3ccccc3SC2c2ccccc2C(=O)O)c2ccccc21. The van der Waals surface area contributed by atoms with E-state index in [1.807, 2.05) is 54.6 Å². The van der Waals surface area contributed by atoms with E-state index in [-0.39, 0.29) is 11.3 Å². The molecule has 1 aliphatic heterocycles. The maximum Gasteiger partial charge on any atom is 0.336 e. The third-order valence-electron chi connectivity index (χ3n) is 5.08. The molecule has 0 saturated heterocycles. The fourth-order valence-corrected chi connectivity index (χ4v) is 5.15. The highest BCUT2D eigenvalue weighted by Gasteiger charge is 2.39. The summed E-state index contributed by atoms with van der Waals surface area (Å²) >= 11 is 1.51. The summed E-state index contributed by atoms with van der Waals surface area (Å²) in [4.78, 5) is 26.2. The van der Waals surface area contributed by atoms with Crippen molar-refractivity contribution < 1.29 is 14.7 Å². The summed E-state index contributed by atoms with van der Waals surface area (Å²) in [6.07, 6.45) is 0. The van der Waals surface area contributed by atoms with Crippen LogP contribution in [0.3, 0.4) is 0 Å². The van der Waals surface area contributed by atoms with Gasteiger partial charge in [0, 0.05) is 21.6 Å². The van der Waals surface area contributed by atoms with Gasteiger partial charge in [0.15, 0.2) is 5.78 Å². The number of hydrogen-bond acceptors (Lipinski definition) is 4. The van der Waals surface area contributed by atoms with Crippen molar-refractivity contribution in [2.24, 2.45) is 0 Å². The first-order valence-corrected chi connectivity index (χ1v) is 9.76. The average molecular weight is 385 g/mol. The lowest BCUT2D eigenvalue weighted by Crippen LogP contribution is -2.11. The zero-order valence-corrected chi connectivity index (χ0v) is 15.5. The molecule has 1 atom stereocenters. The predicted octanol–water partition coefficient (Wildman–Crippen LogP) is 5.25. The van der Waals surface area contributed by atoms with Crippen molar-refractivity contribution in [2.45, 2.75) is 10.1 Å². The maximum absolute atomic E-state index is 13.3. The van der Waals surface area contributed by atoms with Gasteiger partial charge in [-0.3, -0.25) is 4.79 Å². The Kier molecular flexibility index (Phi) is 3.84. The zero-order chi connectivity index (χ0) is 19.3. The smallest absolute Gasteiger partial charge is 0.336 e. The van der Waals surface area contributed by atoms with Crippen molar-refractivity contribution in [3.05, 3.63) is 101 Å². The van der Waals surface area contributed by atoms with Gasteiger partial charge in [-0.15, -0.1) is 11.8 Å². The Bertz CT molecular complexity index is 1180. The molecule has 0 spiro atoms.